The van der Waals surface area contributed by atoms with Gasteiger partial charge in [0.25, 0.3) is 5.91 Å². The van der Waals surface area contributed by atoms with E-state index >= 15 is 0 Å². The highest BCUT2D eigenvalue weighted by atomic mass is 16.1. The quantitative estimate of drug-likeness (QED) is 0.539. The van der Waals surface area contributed by atoms with Gasteiger partial charge in [0.05, 0.1) is 11.2 Å². The second-order valence-electron chi connectivity index (χ2n) is 6.67. The van der Waals surface area contributed by atoms with E-state index < -0.39 is 0 Å². The summed E-state index contributed by atoms with van der Waals surface area (Å²) in [5.41, 5.74) is 3.62. The monoisotopic (exact) mass is 384 g/mol. The van der Waals surface area contributed by atoms with Gasteiger partial charge in [-0.2, -0.15) is 0 Å². The molecule has 1 amide bonds. The molecular formula is C22H20N6O. The number of nitrogens with zero attached hydrogens (tertiary/aromatic N) is 4. The molecule has 0 saturated heterocycles. The van der Waals surface area contributed by atoms with Crippen molar-refractivity contribution >= 4 is 39.8 Å². The van der Waals surface area contributed by atoms with Crippen LogP contribution < -0.4 is 15.5 Å². The van der Waals surface area contributed by atoms with Gasteiger partial charge in [-0.3, -0.25) is 9.78 Å². The van der Waals surface area contributed by atoms with Crippen LogP contribution in [-0.4, -0.2) is 35.0 Å². The Morgan fingerprint density at radius 2 is 1.69 bits per heavy atom. The Morgan fingerprint density at radius 3 is 2.48 bits per heavy atom. The summed E-state index contributed by atoms with van der Waals surface area (Å²) in [5, 5.41) is 7.02. The van der Waals surface area contributed by atoms with E-state index in [1.807, 2.05) is 73.6 Å². The molecule has 7 nitrogen and oxygen atoms in total. The summed E-state index contributed by atoms with van der Waals surface area (Å²) in [6.45, 7) is 0. The maximum atomic E-state index is 12.6. The zero-order chi connectivity index (χ0) is 20.2. The van der Waals surface area contributed by atoms with Crippen molar-refractivity contribution in [2.45, 2.75) is 0 Å². The summed E-state index contributed by atoms with van der Waals surface area (Å²) >= 11 is 0. The minimum Gasteiger partial charge on any atom is -0.378 e. The molecule has 7 heteroatoms. The zero-order valence-corrected chi connectivity index (χ0v) is 16.1. The van der Waals surface area contributed by atoms with Gasteiger partial charge in [-0.15, -0.1) is 0 Å². The number of pyridine rings is 1. The van der Waals surface area contributed by atoms with E-state index in [9.17, 15) is 4.79 Å². The number of carbonyl (C=O) groups is 1. The minimum atomic E-state index is -0.302. The number of nitrogens with one attached hydrogen (secondary N) is 2. The number of anilines is 4. The van der Waals surface area contributed by atoms with Crippen LogP contribution in [0.25, 0.3) is 10.9 Å². The molecule has 0 aliphatic rings. The summed E-state index contributed by atoms with van der Waals surface area (Å²) < 4.78 is 0. The largest absolute Gasteiger partial charge is 0.378 e. The van der Waals surface area contributed by atoms with Crippen LogP contribution in [0.4, 0.5) is 23.0 Å². The molecule has 0 unspecified atom stereocenters. The molecule has 0 aliphatic heterocycles. The lowest BCUT2D eigenvalue weighted by atomic mass is 10.2. The van der Waals surface area contributed by atoms with Crippen molar-refractivity contribution in [3.05, 3.63) is 78.8 Å². The summed E-state index contributed by atoms with van der Waals surface area (Å²) in [6.07, 6.45) is 3.29. The van der Waals surface area contributed by atoms with Gasteiger partial charge in [-0.1, -0.05) is 18.2 Å². The Hall–Kier alpha value is -4.00. The van der Waals surface area contributed by atoms with Crippen molar-refractivity contribution in [2.75, 3.05) is 29.6 Å². The van der Waals surface area contributed by atoms with Crippen LogP contribution in [0.5, 0.6) is 0 Å². The normalized spacial score (nSPS) is 10.6. The van der Waals surface area contributed by atoms with E-state index in [4.69, 9.17) is 0 Å². The van der Waals surface area contributed by atoms with Gasteiger partial charge < -0.3 is 15.5 Å². The molecule has 0 bridgehead atoms. The average molecular weight is 384 g/mol. The number of para-hydroxylation sites is 1. The fourth-order valence-corrected chi connectivity index (χ4v) is 2.91. The van der Waals surface area contributed by atoms with Crippen molar-refractivity contribution in [2.24, 2.45) is 0 Å². The highest BCUT2D eigenvalue weighted by Crippen LogP contribution is 2.23. The number of fused-ring (bicyclic) bond motifs is 1. The zero-order valence-electron chi connectivity index (χ0n) is 16.1. The molecule has 0 saturated carbocycles. The van der Waals surface area contributed by atoms with Gasteiger partial charge in [0.2, 0.25) is 5.95 Å². The van der Waals surface area contributed by atoms with Crippen LogP contribution in [0, 0.1) is 0 Å². The number of amides is 1. The number of benzene rings is 2. The minimum absolute atomic E-state index is 0.271. The van der Waals surface area contributed by atoms with Gasteiger partial charge in [-0.05, 0) is 42.5 Å². The molecule has 0 fully saturated rings. The molecule has 2 heterocycles. The lowest BCUT2D eigenvalue weighted by molar-refractivity contribution is 0.102. The molecule has 0 spiro atoms. The SMILES string of the molecule is CN(C)c1ccc(NC(=O)c2ccnc(Nc3cccc4cccnc34)n2)cc1. The standard InChI is InChI=1S/C22H20N6O/c1-28(2)17-10-8-16(9-11-17)25-21(29)19-12-14-24-22(27-19)26-18-7-3-5-15-6-4-13-23-20(15)18/h3-14H,1-2H3,(H,25,29)(H,24,26,27). The molecule has 0 atom stereocenters. The van der Waals surface area contributed by atoms with Crippen LogP contribution in [0.2, 0.25) is 0 Å². The van der Waals surface area contributed by atoms with Gasteiger partial charge in [0.15, 0.2) is 0 Å². The highest BCUT2D eigenvalue weighted by molar-refractivity contribution is 6.03. The molecule has 0 aliphatic carbocycles. The topological polar surface area (TPSA) is 83.0 Å². The molecular weight excluding hydrogens is 364 g/mol. The Morgan fingerprint density at radius 1 is 0.897 bits per heavy atom. The lowest BCUT2D eigenvalue weighted by Gasteiger charge is -2.13. The summed E-state index contributed by atoms with van der Waals surface area (Å²) in [4.78, 5) is 27.6. The van der Waals surface area contributed by atoms with Crippen molar-refractivity contribution in [3.8, 4) is 0 Å². The van der Waals surface area contributed by atoms with Crippen LogP contribution in [-0.2, 0) is 0 Å². The van der Waals surface area contributed by atoms with Crippen LogP contribution >= 0.6 is 0 Å². The first-order chi connectivity index (χ1) is 14.1. The maximum Gasteiger partial charge on any atom is 0.274 e. The smallest absolute Gasteiger partial charge is 0.274 e. The molecule has 4 aromatic rings. The molecule has 144 valence electrons. The van der Waals surface area contributed by atoms with E-state index in [1.54, 1.807) is 18.5 Å². The number of carbonyl (C=O) groups excluding carboxylic acids is 1. The van der Waals surface area contributed by atoms with Gasteiger partial charge in [-0.25, -0.2) is 9.97 Å². The van der Waals surface area contributed by atoms with E-state index in [2.05, 4.69) is 25.6 Å². The van der Waals surface area contributed by atoms with Gasteiger partial charge >= 0.3 is 0 Å². The van der Waals surface area contributed by atoms with Crippen molar-refractivity contribution < 1.29 is 4.79 Å². The first kappa shape index (κ1) is 18.4. The Balaban J connectivity index is 1.53. The number of hydrogen-bond donors (Lipinski definition) is 2. The Labute approximate surface area is 168 Å². The molecule has 2 N–H and O–H groups in total. The third kappa shape index (κ3) is 4.14. The third-order valence-electron chi connectivity index (χ3n) is 4.41. The lowest BCUT2D eigenvalue weighted by Crippen LogP contribution is -2.15. The van der Waals surface area contributed by atoms with Gasteiger partial charge in [0, 0.05) is 43.3 Å². The van der Waals surface area contributed by atoms with Crippen LogP contribution in [0.3, 0.4) is 0 Å². The Kier molecular flexibility index (Phi) is 5.03. The number of hydrogen-bond acceptors (Lipinski definition) is 6. The Bertz CT molecular complexity index is 1150. The second kappa shape index (κ2) is 7.93. The van der Waals surface area contributed by atoms with E-state index in [-0.39, 0.29) is 11.6 Å². The predicted octanol–water partition coefficient (Wildman–Crippen LogP) is 4.09. The van der Waals surface area contributed by atoms with Crippen molar-refractivity contribution in [1.82, 2.24) is 15.0 Å². The van der Waals surface area contributed by atoms with Crippen LogP contribution in [0.1, 0.15) is 10.5 Å². The van der Waals surface area contributed by atoms with E-state index in [1.165, 1.54) is 0 Å². The van der Waals surface area contributed by atoms with Crippen molar-refractivity contribution in [1.29, 1.82) is 0 Å². The first-order valence-corrected chi connectivity index (χ1v) is 9.13. The molecule has 2 aromatic carbocycles. The molecule has 0 radical (unpaired) electrons. The number of aromatic nitrogens is 3. The first-order valence-electron chi connectivity index (χ1n) is 9.13. The molecule has 4 rings (SSSR count). The highest BCUT2D eigenvalue weighted by Gasteiger charge is 2.11. The van der Waals surface area contributed by atoms with E-state index in [0.717, 1.165) is 22.3 Å². The average Bonchev–Trinajstić information content (AvgIpc) is 2.74. The summed E-state index contributed by atoms with van der Waals surface area (Å²) in [5.74, 6) is 0.0304. The van der Waals surface area contributed by atoms with Gasteiger partial charge in [0.1, 0.15) is 5.69 Å². The maximum absolute atomic E-state index is 12.6. The summed E-state index contributed by atoms with van der Waals surface area (Å²) in [6, 6.07) is 18.9. The fourth-order valence-electron chi connectivity index (χ4n) is 2.91. The molecule has 29 heavy (non-hydrogen) atoms. The van der Waals surface area contributed by atoms with E-state index in [0.29, 0.717) is 11.6 Å². The van der Waals surface area contributed by atoms with Crippen LogP contribution in [0.15, 0.2) is 73.1 Å². The molecule has 2 aromatic heterocycles. The van der Waals surface area contributed by atoms with Crippen molar-refractivity contribution in [3.63, 3.8) is 0 Å². The fraction of sp³-hybridized carbons (Fsp3) is 0.0909. The number of rotatable bonds is 5. The third-order valence-corrected chi connectivity index (χ3v) is 4.41. The predicted molar refractivity (Wildman–Crippen MR) is 116 cm³/mol. The second-order valence-corrected chi connectivity index (χ2v) is 6.67. The summed E-state index contributed by atoms with van der Waals surface area (Å²) in [7, 11) is 3.93.